The number of fused-ring (bicyclic) bond motifs is 1. The molecule has 1 saturated carbocycles. The van der Waals surface area contributed by atoms with Crippen LogP contribution in [0.25, 0.3) is 11.1 Å². The number of ether oxygens (including phenoxy) is 2. The molecule has 0 aromatic heterocycles. The maximum atomic E-state index is 15.5. The third-order valence-corrected chi connectivity index (χ3v) is 10.9. The Hall–Kier alpha value is -4.03. The average molecular weight is 711 g/mol. The van der Waals surface area contributed by atoms with Crippen LogP contribution in [-0.4, -0.2) is 61.1 Å². The second-order valence-electron chi connectivity index (χ2n) is 12.8. The van der Waals surface area contributed by atoms with Crippen LogP contribution in [0.1, 0.15) is 48.5 Å². The van der Waals surface area contributed by atoms with E-state index in [1.54, 1.807) is 6.07 Å². The minimum atomic E-state index is -1.36. The summed E-state index contributed by atoms with van der Waals surface area (Å²) in [4.78, 5) is 34.1. The molecule has 1 fully saturated rings. The van der Waals surface area contributed by atoms with Crippen molar-refractivity contribution in [3.8, 4) is 22.6 Å². The summed E-state index contributed by atoms with van der Waals surface area (Å²) in [5, 5.41) is 4.82. The highest BCUT2D eigenvalue weighted by molar-refractivity contribution is 6.36. The molecule has 1 amide bonds. The number of alkyl halides is 1. The summed E-state index contributed by atoms with van der Waals surface area (Å²) in [6.45, 7) is 1.40. The lowest BCUT2D eigenvalue weighted by Gasteiger charge is -2.36. The van der Waals surface area contributed by atoms with E-state index in [1.807, 2.05) is 60.3 Å². The molecule has 2 heterocycles. The summed E-state index contributed by atoms with van der Waals surface area (Å²) < 4.78 is 27.2. The van der Waals surface area contributed by atoms with Crippen LogP contribution in [0, 0.1) is 11.7 Å². The zero-order chi connectivity index (χ0) is 34.4. The van der Waals surface area contributed by atoms with E-state index in [4.69, 9.17) is 37.5 Å². The van der Waals surface area contributed by atoms with Gasteiger partial charge in [-0.1, -0.05) is 53.5 Å². The van der Waals surface area contributed by atoms with E-state index < -0.39 is 10.9 Å². The van der Waals surface area contributed by atoms with Gasteiger partial charge in [0, 0.05) is 62.3 Å². The molecule has 2 atom stereocenters. The lowest BCUT2D eigenvalue weighted by Crippen LogP contribution is -2.56. The lowest BCUT2D eigenvalue weighted by molar-refractivity contribution is -0.153. The number of likely N-dealkylation sites (N-methyl/N-ethyl adjacent to an activating group) is 2. The smallest absolute Gasteiger partial charge is 0.327 e. The predicted molar refractivity (Wildman–Crippen MR) is 184 cm³/mol. The van der Waals surface area contributed by atoms with Crippen molar-refractivity contribution in [1.82, 2.24) is 20.6 Å². The molecular formula is C36H38Cl2FN5O5. The first-order chi connectivity index (χ1) is 23.6. The Morgan fingerprint density at radius 2 is 1.80 bits per heavy atom. The second kappa shape index (κ2) is 13.4. The molecule has 4 aliphatic rings. The van der Waals surface area contributed by atoms with Gasteiger partial charge in [0.15, 0.2) is 5.82 Å². The molecular weight excluding hydrogens is 672 g/mol. The number of methoxy groups -OCH3 is 1. The number of rotatable bonds is 10. The molecule has 258 valence electrons. The van der Waals surface area contributed by atoms with Crippen LogP contribution in [0.5, 0.6) is 11.5 Å². The Bertz CT molecular complexity index is 1810. The zero-order valence-electron chi connectivity index (χ0n) is 27.5. The highest BCUT2D eigenvalue weighted by Gasteiger charge is 2.52. The fourth-order valence-corrected chi connectivity index (χ4v) is 7.42. The van der Waals surface area contributed by atoms with Gasteiger partial charge < -0.3 is 34.7 Å². The Morgan fingerprint density at radius 3 is 2.51 bits per heavy atom. The van der Waals surface area contributed by atoms with E-state index in [9.17, 15) is 9.59 Å². The highest BCUT2D eigenvalue weighted by atomic mass is 35.5. The van der Waals surface area contributed by atoms with Gasteiger partial charge in [-0.15, -0.1) is 5.48 Å². The minimum Gasteiger partial charge on any atom is -0.496 e. The first-order valence-electron chi connectivity index (χ1n) is 16.4. The van der Waals surface area contributed by atoms with Crippen molar-refractivity contribution in [1.29, 1.82) is 0 Å². The van der Waals surface area contributed by atoms with Gasteiger partial charge in [-0.05, 0) is 60.1 Å². The normalized spacial score (nSPS) is 21.4. The second-order valence-corrected chi connectivity index (χ2v) is 13.7. The Labute approximate surface area is 294 Å². The Morgan fingerprint density at radius 1 is 1.04 bits per heavy atom. The van der Waals surface area contributed by atoms with Crippen LogP contribution in [0.2, 0.25) is 5.02 Å². The first kappa shape index (κ1) is 33.5. The van der Waals surface area contributed by atoms with Gasteiger partial charge in [-0.3, -0.25) is 9.59 Å². The summed E-state index contributed by atoms with van der Waals surface area (Å²) in [6, 6.07) is 15.3. The highest BCUT2D eigenvalue weighted by Crippen LogP contribution is 2.45. The number of hydrogen-bond donors (Lipinski definition) is 3. The van der Waals surface area contributed by atoms with Crippen LogP contribution in [0.4, 0.5) is 10.1 Å². The fraction of sp³-hybridized carbons (Fsp3) is 0.389. The Balaban J connectivity index is 1.04. The quantitative estimate of drug-likeness (QED) is 0.131. The maximum absolute atomic E-state index is 15.5. The SMILES string of the molecule is COc1cc(OC2CCc3c(-c4ccc(NC(=O)C5(Cl)N(C)C6=C(CNCC6)N5C)cc4)cccc32)c(Cl)c(F)c1CNOC(=O)C1CC1. The summed E-state index contributed by atoms with van der Waals surface area (Å²) in [6.07, 6.45) is 3.49. The molecule has 0 saturated heterocycles. The van der Waals surface area contributed by atoms with Crippen LogP contribution in [-0.2, 0) is 27.4 Å². The number of nitrogens with zero attached hydrogens (tertiary/aromatic N) is 2. The number of nitrogens with one attached hydrogen (secondary N) is 3. The third kappa shape index (κ3) is 6.07. The molecule has 3 N–H and O–H groups in total. The van der Waals surface area contributed by atoms with Gasteiger partial charge in [-0.2, -0.15) is 0 Å². The van der Waals surface area contributed by atoms with Crippen LogP contribution in [0.3, 0.4) is 0 Å². The van der Waals surface area contributed by atoms with E-state index in [0.29, 0.717) is 18.7 Å². The number of benzene rings is 3. The molecule has 0 radical (unpaired) electrons. The molecule has 49 heavy (non-hydrogen) atoms. The fourth-order valence-electron chi connectivity index (χ4n) is 6.96. The minimum absolute atomic E-state index is 0.0906. The average Bonchev–Trinajstić information content (AvgIpc) is 3.87. The number of halogens is 3. The lowest BCUT2D eigenvalue weighted by atomic mass is 9.96. The van der Waals surface area contributed by atoms with Gasteiger partial charge in [-0.25, -0.2) is 4.39 Å². The van der Waals surface area contributed by atoms with Crippen molar-refractivity contribution in [3.63, 3.8) is 0 Å². The van der Waals surface area contributed by atoms with Gasteiger partial charge in [0.25, 0.3) is 11.0 Å². The van der Waals surface area contributed by atoms with Gasteiger partial charge in [0.1, 0.15) is 22.6 Å². The molecule has 3 aromatic rings. The predicted octanol–water partition coefficient (Wildman–Crippen LogP) is 6.09. The summed E-state index contributed by atoms with van der Waals surface area (Å²) in [5.74, 6) is -1.08. The monoisotopic (exact) mass is 709 g/mol. The first-order valence-corrected chi connectivity index (χ1v) is 17.2. The van der Waals surface area contributed by atoms with Crippen LogP contribution >= 0.6 is 23.2 Å². The number of carbonyl (C=O) groups is 2. The molecule has 10 nitrogen and oxygen atoms in total. The van der Waals surface area contributed by atoms with E-state index in [0.717, 1.165) is 65.9 Å². The van der Waals surface area contributed by atoms with Crippen molar-refractivity contribution in [2.24, 2.45) is 5.92 Å². The molecule has 2 unspecified atom stereocenters. The van der Waals surface area contributed by atoms with E-state index >= 15 is 4.39 Å². The zero-order valence-corrected chi connectivity index (χ0v) is 29.0. The topological polar surface area (TPSA) is 104 Å². The molecule has 2 aliphatic carbocycles. The van der Waals surface area contributed by atoms with Crippen LogP contribution in [0.15, 0.2) is 59.9 Å². The molecule has 0 spiro atoms. The number of amides is 1. The van der Waals surface area contributed by atoms with Crippen molar-refractivity contribution < 1.29 is 28.3 Å². The van der Waals surface area contributed by atoms with E-state index in [1.165, 1.54) is 7.11 Å². The van der Waals surface area contributed by atoms with Gasteiger partial charge in [0.2, 0.25) is 0 Å². The number of hydrogen-bond acceptors (Lipinski definition) is 9. The van der Waals surface area contributed by atoms with Crippen molar-refractivity contribution in [2.45, 2.75) is 49.9 Å². The molecule has 13 heteroatoms. The number of anilines is 1. The van der Waals surface area contributed by atoms with Gasteiger partial charge >= 0.3 is 5.97 Å². The molecule has 2 aliphatic heterocycles. The van der Waals surface area contributed by atoms with Crippen LogP contribution < -0.4 is 25.6 Å². The molecule has 3 aromatic carbocycles. The molecule has 7 rings (SSSR count). The van der Waals surface area contributed by atoms with Crippen molar-refractivity contribution >= 4 is 40.8 Å². The summed E-state index contributed by atoms with van der Waals surface area (Å²) in [5.41, 5.74) is 9.56. The Kier molecular flexibility index (Phi) is 9.12. The summed E-state index contributed by atoms with van der Waals surface area (Å²) in [7, 11) is 5.14. The summed E-state index contributed by atoms with van der Waals surface area (Å²) >= 11 is 13.5. The van der Waals surface area contributed by atoms with Gasteiger partial charge in [0.05, 0.1) is 19.6 Å². The van der Waals surface area contributed by atoms with E-state index in [-0.39, 0.29) is 52.5 Å². The maximum Gasteiger partial charge on any atom is 0.327 e. The van der Waals surface area contributed by atoms with Crippen molar-refractivity contribution in [2.75, 3.05) is 39.6 Å². The van der Waals surface area contributed by atoms with Crippen molar-refractivity contribution in [3.05, 3.63) is 87.5 Å². The third-order valence-electron chi connectivity index (χ3n) is 9.88. The number of hydroxylamine groups is 1. The van der Waals surface area contributed by atoms with E-state index in [2.05, 4.69) is 22.2 Å². The standard InChI is InChI=1S/C36H38Cl2FN5O5/c1-43-27-15-16-40-19-28(27)44(2)36(43,38)35(46)42-22-11-9-20(10-12-22)23-5-4-6-25-24(23)13-14-29(25)48-31-17-30(47-3)26(33(39)32(31)37)18-41-49-34(45)21-7-8-21/h4-6,9-12,17,21,29,40-41H,7-8,13-16,18-19H2,1-3H3,(H,42,46). The molecule has 0 bridgehead atoms. The number of carbonyl (C=O) groups excluding carboxylic acids is 2. The largest absolute Gasteiger partial charge is 0.496 e.